The Kier molecular flexibility index (Phi) is 7.06. The molecule has 0 saturated carbocycles. The molecular formula is C30H35FN6O5S. The summed E-state index contributed by atoms with van der Waals surface area (Å²) in [5.74, 6) is 0.0690. The number of carbonyl (C=O) groups excluding carboxylic acids is 1. The first-order valence-corrected chi connectivity index (χ1v) is 15.5. The molecule has 5 heterocycles. The van der Waals surface area contributed by atoms with Crippen LogP contribution in [0, 0.1) is 19.7 Å². The summed E-state index contributed by atoms with van der Waals surface area (Å²) in [6.45, 7) is 11.3. The van der Waals surface area contributed by atoms with Crippen molar-refractivity contribution in [1.29, 1.82) is 0 Å². The van der Waals surface area contributed by atoms with Crippen LogP contribution in [0.1, 0.15) is 51.7 Å². The number of thioether (sulfide) groups is 1. The van der Waals surface area contributed by atoms with Gasteiger partial charge in [0.15, 0.2) is 11.0 Å². The van der Waals surface area contributed by atoms with Gasteiger partial charge >= 0.3 is 12.2 Å². The second kappa shape index (κ2) is 10.4. The number of aryl methyl sites for hydroxylation is 1. The van der Waals surface area contributed by atoms with Crippen LogP contribution in [0.5, 0.6) is 5.88 Å². The molecule has 0 radical (unpaired) electrons. The molecule has 6 rings (SSSR count). The van der Waals surface area contributed by atoms with Crippen molar-refractivity contribution in [3.63, 3.8) is 0 Å². The van der Waals surface area contributed by atoms with Gasteiger partial charge < -0.3 is 19.5 Å². The van der Waals surface area contributed by atoms with Crippen molar-refractivity contribution in [3.05, 3.63) is 29.1 Å². The lowest BCUT2D eigenvalue weighted by atomic mass is 9.98. The van der Waals surface area contributed by atoms with Crippen LogP contribution in [-0.2, 0) is 4.74 Å². The fraction of sp³-hybridized carbons (Fsp3) is 0.500. The van der Waals surface area contributed by atoms with Crippen molar-refractivity contribution < 1.29 is 28.6 Å². The quantitative estimate of drug-likeness (QED) is 0.269. The average molecular weight is 611 g/mol. The molecule has 2 N–H and O–H groups in total. The number of nitrogens with zero attached hydrogens (tertiary/aromatic N) is 5. The van der Waals surface area contributed by atoms with E-state index in [1.165, 1.54) is 11.8 Å². The van der Waals surface area contributed by atoms with Crippen LogP contribution in [0.15, 0.2) is 17.3 Å². The molecule has 4 atom stereocenters. The van der Waals surface area contributed by atoms with Gasteiger partial charge in [0.05, 0.1) is 18.1 Å². The highest BCUT2D eigenvalue weighted by Gasteiger charge is 2.53. The second-order valence-electron chi connectivity index (χ2n) is 12.4. The Balaban J connectivity index is 1.52. The van der Waals surface area contributed by atoms with Gasteiger partial charge in [-0.3, -0.25) is 10.2 Å². The van der Waals surface area contributed by atoms with E-state index in [2.05, 4.69) is 15.2 Å². The molecule has 0 spiro atoms. The molecule has 13 heteroatoms. The van der Waals surface area contributed by atoms with E-state index in [9.17, 15) is 14.7 Å². The molecule has 11 nitrogen and oxygen atoms in total. The van der Waals surface area contributed by atoms with Gasteiger partial charge in [-0.1, -0.05) is 11.8 Å². The molecule has 3 aliphatic rings. The summed E-state index contributed by atoms with van der Waals surface area (Å²) >= 11 is 1.30. The van der Waals surface area contributed by atoms with Crippen LogP contribution >= 0.6 is 11.8 Å². The lowest BCUT2D eigenvalue weighted by molar-refractivity contribution is 0.0634. The van der Waals surface area contributed by atoms with Crippen LogP contribution in [0.25, 0.3) is 22.2 Å². The van der Waals surface area contributed by atoms with Crippen LogP contribution in [0.3, 0.4) is 0 Å². The number of piperazine rings is 1. The van der Waals surface area contributed by atoms with Gasteiger partial charge in [-0.05, 0) is 83.9 Å². The minimum atomic E-state index is -0.948. The molecule has 228 valence electrons. The monoisotopic (exact) mass is 610 g/mol. The van der Waals surface area contributed by atoms with Gasteiger partial charge in [-0.15, -0.1) is 0 Å². The molecule has 4 unspecified atom stereocenters. The number of anilines is 2. The zero-order valence-electron chi connectivity index (χ0n) is 25.2. The summed E-state index contributed by atoms with van der Waals surface area (Å²) in [5.41, 5.74) is 1.76. The smallest absolute Gasteiger partial charge is 0.412 e. The van der Waals surface area contributed by atoms with Gasteiger partial charge in [0.1, 0.15) is 34.1 Å². The number of nitrogens with one attached hydrogen (secondary N) is 1. The number of halogens is 1. The predicted octanol–water partition coefficient (Wildman–Crippen LogP) is 6.00. The molecule has 3 aromatic rings. The second-order valence-corrected chi connectivity index (χ2v) is 13.2. The van der Waals surface area contributed by atoms with Crippen LogP contribution in [0.4, 0.5) is 25.5 Å². The highest BCUT2D eigenvalue weighted by atomic mass is 32.2. The van der Waals surface area contributed by atoms with E-state index >= 15 is 4.39 Å². The first-order chi connectivity index (χ1) is 20.3. The van der Waals surface area contributed by atoms with Gasteiger partial charge in [-0.25, -0.2) is 28.9 Å². The fourth-order valence-corrected chi connectivity index (χ4v) is 7.00. The number of pyridine rings is 1. The molecule has 2 saturated heterocycles. The maximum atomic E-state index is 16.7. The number of ether oxygens (including phenoxy) is 2. The molecular weight excluding hydrogens is 575 g/mol. The molecule has 2 fully saturated rings. The SMILES string of the molecule is CSc1nc2c3c(nc(-c4cc(C)cc(NC(=O)OC(C)(C)C)c4C)c(F)c3n1)OC(C)C1C3CCC(CN21)N3C(=O)O. The zero-order valence-corrected chi connectivity index (χ0v) is 26.0. The summed E-state index contributed by atoms with van der Waals surface area (Å²) in [4.78, 5) is 42.6. The Bertz CT molecular complexity index is 1660. The van der Waals surface area contributed by atoms with Gasteiger partial charge in [0, 0.05) is 17.8 Å². The van der Waals surface area contributed by atoms with Crippen LogP contribution < -0.4 is 15.0 Å². The Hall–Kier alpha value is -3.87. The zero-order chi connectivity index (χ0) is 31.0. The first-order valence-electron chi connectivity index (χ1n) is 14.3. The number of fused-ring (bicyclic) bond motifs is 5. The van der Waals surface area contributed by atoms with Crippen molar-refractivity contribution in [2.75, 3.05) is 23.0 Å². The summed E-state index contributed by atoms with van der Waals surface area (Å²) in [7, 11) is 0. The van der Waals surface area contributed by atoms with E-state index in [4.69, 9.17) is 19.4 Å². The number of rotatable bonds is 3. The van der Waals surface area contributed by atoms with Crippen LogP contribution in [-0.4, -0.2) is 79.8 Å². The van der Waals surface area contributed by atoms with Gasteiger partial charge in [-0.2, -0.15) is 0 Å². The molecule has 3 aliphatic heterocycles. The van der Waals surface area contributed by atoms with E-state index in [0.717, 1.165) is 12.0 Å². The van der Waals surface area contributed by atoms with Crippen molar-refractivity contribution in [3.8, 4) is 17.1 Å². The predicted molar refractivity (Wildman–Crippen MR) is 162 cm³/mol. The van der Waals surface area contributed by atoms with E-state index in [1.54, 1.807) is 38.7 Å². The summed E-state index contributed by atoms with van der Waals surface area (Å²) in [5, 5.41) is 13.5. The Morgan fingerprint density at radius 1 is 1.19 bits per heavy atom. The Morgan fingerprint density at radius 3 is 2.60 bits per heavy atom. The van der Waals surface area contributed by atoms with Crippen molar-refractivity contribution in [2.45, 2.75) is 89.4 Å². The molecule has 2 bridgehead atoms. The number of hydrogen-bond donors (Lipinski definition) is 2. The number of carboxylic acid groups (broad SMARTS) is 1. The van der Waals surface area contributed by atoms with Crippen molar-refractivity contribution in [1.82, 2.24) is 19.9 Å². The largest absolute Gasteiger partial charge is 0.472 e. The Morgan fingerprint density at radius 2 is 1.93 bits per heavy atom. The number of amides is 2. The number of carbonyl (C=O) groups is 2. The molecule has 43 heavy (non-hydrogen) atoms. The van der Waals surface area contributed by atoms with E-state index in [0.29, 0.717) is 46.1 Å². The summed E-state index contributed by atoms with van der Waals surface area (Å²) in [6.07, 6.45) is 1.23. The van der Waals surface area contributed by atoms with E-state index in [-0.39, 0.29) is 35.2 Å². The third-order valence-corrected chi connectivity index (χ3v) is 8.86. The van der Waals surface area contributed by atoms with Gasteiger partial charge in [0.2, 0.25) is 5.88 Å². The summed E-state index contributed by atoms with van der Waals surface area (Å²) in [6, 6.07) is 2.77. The topological polar surface area (TPSA) is 130 Å². The van der Waals surface area contributed by atoms with E-state index in [1.807, 2.05) is 26.2 Å². The lowest BCUT2D eigenvalue weighted by Gasteiger charge is -2.47. The maximum absolute atomic E-state index is 16.7. The van der Waals surface area contributed by atoms with E-state index < -0.39 is 29.7 Å². The molecule has 1 aromatic carbocycles. The minimum absolute atomic E-state index is 0.0356. The lowest BCUT2D eigenvalue weighted by Crippen LogP contribution is -2.64. The fourth-order valence-electron chi connectivity index (χ4n) is 6.64. The molecule has 0 aliphatic carbocycles. The standard InChI is InChI=1S/C30H35FN6O5S/c1-13-10-17(14(2)18(11-13)32-28(38)42-30(4,5)6)22-21(31)23-20-25(35-27(34-23)43-7)36-12-16-8-9-19(37(16)29(39)40)24(36)15(3)41-26(20)33-22/h10-11,15-16,19,24H,8-9,12H2,1-7H3,(H,32,38)(H,39,40). The molecule has 2 aromatic heterocycles. The number of hydrogen-bond acceptors (Lipinski definition) is 9. The average Bonchev–Trinajstić information content (AvgIpc) is 3.17. The molecule has 2 amide bonds. The van der Waals surface area contributed by atoms with Gasteiger partial charge in [0.25, 0.3) is 0 Å². The van der Waals surface area contributed by atoms with Crippen molar-refractivity contribution >= 4 is 46.4 Å². The number of benzene rings is 1. The third kappa shape index (κ3) is 4.96. The van der Waals surface area contributed by atoms with Crippen molar-refractivity contribution in [2.24, 2.45) is 0 Å². The minimum Gasteiger partial charge on any atom is -0.472 e. The Labute approximate surface area is 253 Å². The normalized spacial score (nSPS) is 22.6. The number of aromatic nitrogens is 3. The third-order valence-electron chi connectivity index (χ3n) is 8.32. The highest BCUT2D eigenvalue weighted by molar-refractivity contribution is 7.98. The van der Waals surface area contributed by atoms with Crippen LogP contribution in [0.2, 0.25) is 0 Å². The first kappa shape index (κ1) is 29.2. The summed E-state index contributed by atoms with van der Waals surface area (Å²) < 4.78 is 28.6. The maximum Gasteiger partial charge on any atom is 0.412 e. The highest BCUT2D eigenvalue weighted by Crippen LogP contribution is 2.46.